The molecule has 4 heteroatoms. The Morgan fingerprint density at radius 3 is 2.59 bits per heavy atom. The van der Waals surface area contributed by atoms with E-state index in [0.717, 1.165) is 16.6 Å². The summed E-state index contributed by atoms with van der Waals surface area (Å²) in [5.74, 6) is -0.346. The zero-order valence-corrected chi connectivity index (χ0v) is 12.5. The number of esters is 1. The SMILES string of the molecule is CCOC(=O)c1cc2ccc(-c3ccccc3)nc2nc1C. The highest BCUT2D eigenvalue weighted by molar-refractivity contribution is 5.94. The van der Waals surface area contributed by atoms with Crippen molar-refractivity contribution in [3.63, 3.8) is 0 Å². The third kappa shape index (κ3) is 2.68. The van der Waals surface area contributed by atoms with Crippen molar-refractivity contribution in [2.75, 3.05) is 6.61 Å². The van der Waals surface area contributed by atoms with Gasteiger partial charge in [-0.25, -0.2) is 14.8 Å². The van der Waals surface area contributed by atoms with Crippen molar-refractivity contribution < 1.29 is 9.53 Å². The third-order valence-corrected chi connectivity index (χ3v) is 3.43. The van der Waals surface area contributed by atoms with Crippen LogP contribution in [-0.2, 0) is 4.74 Å². The third-order valence-electron chi connectivity index (χ3n) is 3.43. The Morgan fingerprint density at radius 1 is 1.09 bits per heavy atom. The van der Waals surface area contributed by atoms with Crippen LogP contribution in [0.2, 0.25) is 0 Å². The van der Waals surface area contributed by atoms with E-state index < -0.39 is 0 Å². The van der Waals surface area contributed by atoms with Gasteiger partial charge in [-0.2, -0.15) is 0 Å². The molecule has 4 nitrogen and oxygen atoms in total. The van der Waals surface area contributed by atoms with Crippen molar-refractivity contribution in [2.45, 2.75) is 13.8 Å². The molecule has 2 heterocycles. The summed E-state index contributed by atoms with van der Waals surface area (Å²) in [5.41, 5.74) is 3.65. The van der Waals surface area contributed by atoms with Gasteiger partial charge in [-0.05, 0) is 32.0 Å². The number of fused-ring (bicyclic) bond motifs is 1. The highest BCUT2D eigenvalue weighted by atomic mass is 16.5. The number of hydrogen-bond acceptors (Lipinski definition) is 4. The van der Waals surface area contributed by atoms with E-state index >= 15 is 0 Å². The van der Waals surface area contributed by atoms with Crippen LogP contribution in [-0.4, -0.2) is 22.5 Å². The second-order valence-electron chi connectivity index (χ2n) is 4.95. The second-order valence-corrected chi connectivity index (χ2v) is 4.95. The van der Waals surface area contributed by atoms with E-state index in [0.29, 0.717) is 23.5 Å². The fourth-order valence-corrected chi connectivity index (χ4v) is 2.33. The number of rotatable bonds is 3. The van der Waals surface area contributed by atoms with Crippen LogP contribution < -0.4 is 0 Å². The molecule has 0 aliphatic carbocycles. The van der Waals surface area contributed by atoms with Crippen LogP contribution >= 0.6 is 0 Å². The summed E-state index contributed by atoms with van der Waals surface area (Å²) >= 11 is 0. The first-order chi connectivity index (χ1) is 10.7. The highest BCUT2D eigenvalue weighted by Gasteiger charge is 2.13. The number of carbonyl (C=O) groups excluding carboxylic acids is 1. The second kappa shape index (κ2) is 5.93. The lowest BCUT2D eigenvalue weighted by molar-refractivity contribution is 0.0525. The lowest BCUT2D eigenvalue weighted by Crippen LogP contribution is -2.08. The number of aryl methyl sites for hydroxylation is 1. The van der Waals surface area contributed by atoms with E-state index in [1.54, 1.807) is 19.9 Å². The zero-order valence-electron chi connectivity index (χ0n) is 12.5. The molecule has 0 saturated carbocycles. The fourth-order valence-electron chi connectivity index (χ4n) is 2.33. The van der Waals surface area contributed by atoms with Crippen LogP contribution in [0.5, 0.6) is 0 Å². The van der Waals surface area contributed by atoms with Crippen molar-refractivity contribution in [2.24, 2.45) is 0 Å². The lowest BCUT2D eigenvalue weighted by Gasteiger charge is -2.08. The minimum Gasteiger partial charge on any atom is -0.462 e. The number of ether oxygens (including phenoxy) is 1. The van der Waals surface area contributed by atoms with Crippen LogP contribution in [0.4, 0.5) is 0 Å². The minimum atomic E-state index is -0.346. The van der Waals surface area contributed by atoms with Gasteiger partial charge in [0.2, 0.25) is 0 Å². The van der Waals surface area contributed by atoms with Crippen molar-refractivity contribution in [1.29, 1.82) is 0 Å². The minimum absolute atomic E-state index is 0.346. The summed E-state index contributed by atoms with van der Waals surface area (Å²) in [7, 11) is 0. The van der Waals surface area contributed by atoms with E-state index in [1.807, 2.05) is 42.5 Å². The Kier molecular flexibility index (Phi) is 3.83. The standard InChI is InChI=1S/C18H16N2O2/c1-3-22-18(21)15-11-14-9-10-16(13-7-5-4-6-8-13)20-17(14)19-12(15)2/h4-11H,3H2,1-2H3. The Labute approximate surface area is 128 Å². The van der Waals surface area contributed by atoms with Gasteiger partial charge in [-0.1, -0.05) is 30.3 Å². The van der Waals surface area contributed by atoms with Crippen molar-refractivity contribution in [3.8, 4) is 11.3 Å². The number of carbonyl (C=O) groups is 1. The molecule has 0 N–H and O–H groups in total. The van der Waals surface area contributed by atoms with Crippen LogP contribution in [0.15, 0.2) is 48.5 Å². The molecule has 0 fully saturated rings. The largest absolute Gasteiger partial charge is 0.462 e. The van der Waals surface area contributed by atoms with Gasteiger partial charge < -0.3 is 4.74 Å². The van der Waals surface area contributed by atoms with Gasteiger partial charge >= 0.3 is 5.97 Å². The summed E-state index contributed by atoms with van der Waals surface area (Å²) in [4.78, 5) is 21.0. The predicted molar refractivity (Wildman–Crippen MR) is 85.7 cm³/mol. The molecule has 0 saturated heterocycles. The van der Waals surface area contributed by atoms with E-state index in [-0.39, 0.29) is 5.97 Å². The summed E-state index contributed by atoms with van der Waals surface area (Å²) in [6.45, 7) is 3.93. The average Bonchev–Trinajstić information content (AvgIpc) is 2.54. The van der Waals surface area contributed by atoms with Crippen LogP contribution in [0, 0.1) is 6.92 Å². The molecule has 2 aromatic heterocycles. The first-order valence-electron chi connectivity index (χ1n) is 7.20. The molecule has 3 rings (SSSR count). The molecule has 0 spiro atoms. The number of aromatic nitrogens is 2. The van der Waals surface area contributed by atoms with Gasteiger partial charge in [0, 0.05) is 10.9 Å². The predicted octanol–water partition coefficient (Wildman–Crippen LogP) is 3.78. The first kappa shape index (κ1) is 14.2. The Morgan fingerprint density at radius 2 is 1.86 bits per heavy atom. The van der Waals surface area contributed by atoms with E-state index in [1.165, 1.54) is 0 Å². The molecule has 0 aliphatic heterocycles. The lowest BCUT2D eigenvalue weighted by atomic mass is 10.1. The van der Waals surface area contributed by atoms with Gasteiger partial charge in [0.25, 0.3) is 0 Å². The zero-order chi connectivity index (χ0) is 15.5. The van der Waals surface area contributed by atoms with E-state index in [9.17, 15) is 4.79 Å². The molecule has 110 valence electrons. The van der Waals surface area contributed by atoms with Crippen LogP contribution in [0.25, 0.3) is 22.3 Å². The van der Waals surface area contributed by atoms with Crippen molar-refractivity contribution in [1.82, 2.24) is 9.97 Å². The van der Waals surface area contributed by atoms with Gasteiger partial charge in [0.05, 0.1) is 23.6 Å². The first-order valence-corrected chi connectivity index (χ1v) is 7.20. The molecule has 0 atom stereocenters. The molecule has 1 aromatic carbocycles. The summed E-state index contributed by atoms with van der Waals surface area (Å²) < 4.78 is 5.05. The monoisotopic (exact) mass is 292 g/mol. The average molecular weight is 292 g/mol. The van der Waals surface area contributed by atoms with Gasteiger partial charge in [0.15, 0.2) is 5.65 Å². The van der Waals surface area contributed by atoms with E-state index in [2.05, 4.69) is 9.97 Å². The Balaban J connectivity index is 2.07. The maximum absolute atomic E-state index is 11.9. The number of benzene rings is 1. The number of nitrogens with zero attached hydrogens (tertiary/aromatic N) is 2. The molecule has 0 bridgehead atoms. The van der Waals surface area contributed by atoms with Gasteiger partial charge in [0.1, 0.15) is 0 Å². The van der Waals surface area contributed by atoms with Gasteiger partial charge in [-0.3, -0.25) is 0 Å². The summed E-state index contributed by atoms with van der Waals surface area (Å²) in [6, 6.07) is 15.6. The molecule has 22 heavy (non-hydrogen) atoms. The molecular formula is C18H16N2O2. The molecular weight excluding hydrogens is 276 g/mol. The fraction of sp³-hybridized carbons (Fsp3) is 0.167. The maximum atomic E-state index is 11.9. The summed E-state index contributed by atoms with van der Waals surface area (Å²) in [5, 5.41) is 0.827. The van der Waals surface area contributed by atoms with Crippen molar-refractivity contribution >= 4 is 17.0 Å². The quantitative estimate of drug-likeness (QED) is 0.689. The van der Waals surface area contributed by atoms with Gasteiger partial charge in [-0.15, -0.1) is 0 Å². The normalized spacial score (nSPS) is 10.6. The Hall–Kier alpha value is -2.75. The smallest absolute Gasteiger partial charge is 0.339 e. The highest BCUT2D eigenvalue weighted by Crippen LogP contribution is 2.21. The molecule has 0 radical (unpaired) electrons. The molecule has 0 unspecified atom stereocenters. The molecule has 3 aromatic rings. The molecule has 0 amide bonds. The van der Waals surface area contributed by atoms with Crippen molar-refractivity contribution in [3.05, 3.63) is 59.8 Å². The van der Waals surface area contributed by atoms with Crippen LogP contribution in [0.3, 0.4) is 0 Å². The van der Waals surface area contributed by atoms with E-state index in [4.69, 9.17) is 4.74 Å². The topological polar surface area (TPSA) is 52.1 Å². The number of hydrogen-bond donors (Lipinski definition) is 0. The van der Waals surface area contributed by atoms with Crippen LogP contribution in [0.1, 0.15) is 23.0 Å². The molecule has 0 aliphatic rings. The number of pyridine rings is 2. The maximum Gasteiger partial charge on any atom is 0.339 e. The Bertz CT molecular complexity index is 829. The summed E-state index contributed by atoms with van der Waals surface area (Å²) in [6.07, 6.45) is 0.